The van der Waals surface area contributed by atoms with Crippen molar-refractivity contribution in [3.63, 3.8) is 0 Å². The number of nitrogens with two attached hydrogens (primary N) is 1. The van der Waals surface area contributed by atoms with E-state index in [4.69, 9.17) is 10.5 Å². The summed E-state index contributed by atoms with van der Waals surface area (Å²) in [5, 5.41) is 3.38. The van der Waals surface area contributed by atoms with Crippen molar-refractivity contribution in [2.45, 2.75) is 12.8 Å². The van der Waals surface area contributed by atoms with E-state index in [-0.39, 0.29) is 11.2 Å². The van der Waals surface area contributed by atoms with Gasteiger partial charge < -0.3 is 25.7 Å². The van der Waals surface area contributed by atoms with E-state index in [1.165, 1.54) is 12.7 Å². The molecule has 1 atom stereocenters. The number of ether oxygens (including phenoxy) is 1. The Morgan fingerprint density at radius 2 is 2.50 bits per heavy atom. The van der Waals surface area contributed by atoms with Crippen molar-refractivity contribution in [1.82, 2.24) is 15.3 Å². The van der Waals surface area contributed by atoms with E-state index in [1.807, 2.05) is 0 Å². The Hall–Kier alpha value is -1.60. The maximum Gasteiger partial charge on any atom is 0.276 e. The normalized spacial score (nSPS) is 19.2. The van der Waals surface area contributed by atoms with Crippen LogP contribution in [-0.2, 0) is 4.74 Å². The van der Waals surface area contributed by atoms with Crippen molar-refractivity contribution in [2.75, 3.05) is 50.5 Å². The number of rotatable bonds is 6. The number of aromatic amines is 1. The lowest BCUT2D eigenvalue weighted by molar-refractivity contribution is 0.197. The summed E-state index contributed by atoms with van der Waals surface area (Å²) in [5.41, 5.74) is 5.76. The number of methoxy groups -OCH3 is 1. The van der Waals surface area contributed by atoms with Crippen LogP contribution in [0.3, 0.4) is 0 Å². The summed E-state index contributed by atoms with van der Waals surface area (Å²) >= 11 is 0. The Kier molecular flexibility index (Phi) is 5.37. The smallest absolute Gasteiger partial charge is 0.276 e. The lowest BCUT2D eigenvalue weighted by Crippen LogP contribution is -2.41. The van der Waals surface area contributed by atoms with E-state index < -0.39 is 0 Å². The van der Waals surface area contributed by atoms with Gasteiger partial charge in [0.2, 0.25) is 0 Å². The lowest BCUT2D eigenvalue weighted by Gasteiger charge is -2.34. The molecule has 1 aromatic heterocycles. The van der Waals surface area contributed by atoms with Gasteiger partial charge in [0.15, 0.2) is 5.82 Å². The summed E-state index contributed by atoms with van der Waals surface area (Å²) < 4.78 is 5.01. The van der Waals surface area contributed by atoms with E-state index in [9.17, 15) is 4.79 Å². The van der Waals surface area contributed by atoms with Gasteiger partial charge in [-0.1, -0.05) is 0 Å². The molecule has 0 aromatic carbocycles. The van der Waals surface area contributed by atoms with Gasteiger partial charge in [-0.2, -0.15) is 0 Å². The average Bonchev–Trinajstić information content (AvgIpc) is 2.47. The Morgan fingerprint density at radius 1 is 1.65 bits per heavy atom. The SMILES string of the molecule is COCCNCC1CCCN(c2nc[nH]c(=O)c2N)C1. The first kappa shape index (κ1) is 14.8. The number of nitrogen functional groups attached to an aromatic ring is 1. The van der Waals surface area contributed by atoms with Crippen LogP contribution in [-0.4, -0.2) is 49.9 Å². The van der Waals surface area contributed by atoms with Crippen molar-refractivity contribution in [2.24, 2.45) is 5.92 Å². The number of piperidine rings is 1. The third-order valence-electron chi connectivity index (χ3n) is 3.60. The largest absolute Gasteiger partial charge is 0.391 e. The fourth-order valence-corrected chi connectivity index (χ4v) is 2.56. The first-order valence-electron chi connectivity index (χ1n) is 7.00. The highest BCUT2D eigenvalue weighted by molar-refractivity contribution is 5.60. The summed E-state index contributed by atoms with van der Waals surface area (Å²) in [6.07, 6.45) is 3.68. The van der Waals surface area contributed by atoms with Crippen molar-refractivity contribution in [3.05, 3.63) is 16.7 Å². The van der Waals surface area contributed by atoms with Crippen LogP contribution < -0.4 is 21.5 Å². The van der Waals surface area contributed by atoms with E-state index in [0.29, 0.717) is 11.7 Å². The molecule has 7 heteroatoms. The Balaban J connectivity index is 1.93. The fraction of sp³-hybridized carbons (Fsp3) is 0.692. The van der Waals surface area contributed by atoms with Crippen LogP contribution in [0.5, 0.6) is 0 Å². The minimum Gasteiger partial charge on any atom is -0.391 e. The highest BCUT2D eigenvalue weighted by Crippen LogP contribution is 2.23. The summed E-state index contributed by atoms with van der Waals surface area (Å²) in [5.74, 6) is 1.15. The van der Waals surface area contributed by atoms with Gasteiger partial charge in [-0.3, -0.25) is 4.79 Å². The minimum atomic E-state index is -0.268. The molecular formula is C13H23N5O2. The Morgan fingerprint density at radius 3 is 3.30 bits per heavy atom. The minimum absolute atomic E-state index is 0.209. The van der Waals surface area contributed by atoms with Gasteiger partial charge in [0.1, 0.15) is 5.69 Å². The van der Waals surface area contributed by atoms with Gasteiger partial charge in [-0.05, 0) is 25.3 Å². The van der Waals surface area contributed by atoms with Gasteiger partial charge in [0.05, 0.1) is 12.9 Å². The molecule has 1 aromatic rings. The van der Waals surface area contributed by atoms with E-state index >= 15 is 0 Å². The maximum absolute atomic E-state index is 11.5. The van der Waals surface area contributed by atoms with Crippen molar-refractivity contribution in [3.8, 4) is 0 Å². The number of anilines is 2. The molecule has 2 rings (SSSR count). The van der Waals surface area contributed by atoms with Crippen LogP contribution >= 0.6 is 0 Å². The number of nitrogens with one attached hydrogen (secondary N) is 2. The van der Waals surface area contributed by atoms with Crippen LogP contribution in [0.2, 0.25) is 0 Å². The van der Waals surface area contributed by atoms with Crippen LogP contribution in [0, 0.1) is 5.92 Å². The van der Waals surface area contributed by atoms with Gasteiger partial charge in [-0.15, -0.1) is 0 Å². The monoisotopic (exact) mass is 281 g/mol. The fourth-order valence-electron chi connectivity index (χ4n) is 2.56. The molecule has 1 aliphatic rings. The zero-order chi connectivity index (χ0) is 14.4. The standard InChI is InChI=1S/C13H23N5O2/c1-20-6-4-15-7-10-3-2-5-18(8-10)12-11(14)13(19)17-9-16-12/h9-10,15H,2-8,14H2,1H3,(H,16,17,19). The molecule has 0 aliphatic carbocycles. The first-order valence-corrected chi connectivity index (χ1v) is 7.00. The van der Waals surface area contributed by atoms with E-state index in [1.54, 1.807) is 7.11 Å². The number of nitrogens with zero attached hydrogens (tertiary/aromatic N) is 2. The zero-order valence-corrected chi connectivity index (χ0v) is 11.9. The highest BCUT2D eigenvalue weighted by Gasteiger charge is 2.22. The number of aromatic nitrogens is 2. The first-order chi connectivity index (χ1) is 9.72. The van der Waals surface area contributed by atoms with Gasteiger partial charge in [0, 0.05) is 26.7 Å². The molecule has 0 spiro atoms. The predicted molar refractivity (Wildman–Crippen MR) is 79.0 cm³/mol. The summed E-state index contributed by atoms with van der Waals surface area (Å²) in [6.45, 7) is 4.30. The number of hydrogen-bond donors (Lipinski definition) is 3. The van der Waals surface area contributed by atoms with Crippen molar-refractivity contribution in [1.29, 1.82) is 0 Å². The van der Waals surface area contributed by atoms with Crippen molar-refractivity contribution >= 4 is 11.5 Å². The molecule has 7 nitrogen and oxygen atoms in total. The maximum atomic E-state index is 11.5. The molecule has 2 heterocycles. The second-order valence-electron chi connectivity index (χ2n) is 5.12. The van der Waals surface area contributed by atoms with Crippen LogP contribution in [0.15, 0.2) is 11.1 Å². The molecule has 112 valence electrons. The van der Waals surface area contributed by atoms with Crippen LogP contribution in [0.4, 0.5) is 11.5 Å². The Labute approximate surface area is 118 Å². The topological polar surface area (TPSA) is 96.3 Å². The molecule has 0 bridgehead atoms. The molecule has 0 saturated carbocycles. The van der Waals surface area contributed by atoms with Crippen molar-refractivity contribution < 1.29 is 4.74 Å². The molecule has 4 N–H and O–H groups in total. The third-order valence-corrected chi connectivity index (χ3v) is 3.60. The number of H-pyrrole nitrogens is 1. The van der Waals surface area contributed by atoms with Gasteiger partial charge >= 0.3 is 0 Å². The molecule has 1 aliphatic heterocycles. The quantitative estimate of drug-likeness (QED) is 0.625. The second-order valence-corrected chi connectivity index (χ2v) is 5.12. The molecule has 1 fully saturated rings. The van der Waals surface area contributed by atoms with E-state index in [2.05, 4.69) is 20.2 Å². The molecule has 1 unspecified atom stereocenters. The average molecular weight is 281 g/mol. The van der Waals surface area contributed by atoms with Crippen LogP contribution in [0.25, 0.3) is 0 Å². The molecule has 0 amide bonds. The van der Waals surface area contributed by atoms with E-state index in [0.717, 1.165) is 39.2 Å². The zero-order valence-electron chi connectivity index (χ0n) is 11.9. The van der Waals surface area contributed by atoms with Gasteiger partial charge in [-0.25, -0.2) is 4.98 Å². The second kappa shape index (κ2) is 7.25. The molecular weight excluding hydrogens is 258 g/mol. The molecule has 1 saturated heterocycles. The third kappa shape index (κ3) is 3.71. The van der Waals surface area contributed by atoms with Crippen LogP contribution in [0.1, 0.15) is 12.8 Å². The highest BCUT2D eigenvalue weighted by atomic mass is 16.5. The Bertz CT molecular complexity index is 476. The van der Waals surface area contributed by atoms with Gasteiger partial charge in [0.25, 0.3) is 5.56 Å². The predicted octanol–water partition coefficient (Wildman–Crippen LogP) is -0.195. The number of hydrogen-bond acceptors (Lipinski definition) is 6. The molecule has 20 heavy (non-hydrogen) atoms. The molecule has 0 radical (unpaired) electrons. The summed E-state index contributed by atoms with van der Waals surface area (Å²) in [4.78, 5) is 20.3. The lowest BCUT2D eigenvalue weighted by atomic mass is 9.98. The summed E-state index contributed by atoms with van der Waals surface area (Å²) in [6, 6.07) is 0. The summed E-state index contributed by atoms with van der Waals surface area (Å²) in [7, 11) is 1.70.